The molecule has 11 heavy (non-hydrogen) atoms. The van der Waals surface area contributed by atoms with Gasteiger partial charge < -0.3 is 0 Å². The van der Waals surface area contributed by atoms with Gasteiger partial charge >= 0.3 is 5.69 Å². The van der Waals surface area contributed by atoms with Gasteiger partial charge in [0.2, 0.25) is 0 Å². The van der Waals surface area contributed by atoms with Gasteiger partial charge in [-0.3, -0.25) is 10.1 Å². The standard InChI is InChI=1S/C6H5BFNO2/c7-4-1-2-6(9(10)11)5(8)3-4/h1-3H,7H2. The molecular weight excluding hydrogens is 148 g/mol. The van der Waals surface area contributed by atoms with E-state index in [0.29, 0.717) is 5.46 Å². The van der Waals surface area contributed by atoms with Crippen molar-refractivity contribution in [3.8, 4) is 0 Å². The van der Waals surface area contributed by atoms with E-state index in [0.717, 1.165) is 12.1 Å². The van der Waals surface area contributed by atoms with Crippen molar-refractivity contribution in [1.82, 2.24) is 0 Å². The van der Waals surface area contributed by atoms with Crippen molar-refractivity contribution in [2.24, 2.45) is 0 Å². The van der Waals surface area contributed by atoms with Gasteiger partial charge in [-0.1, -0.05) is 11.5 Å². The Morgan fingerprint density at radius 3 is 2.64 bits per heavy atom. The normalized spacial score (nSPS) is 9.55. The summed E-state index contributed by atoms with van der Waals surface area (Å²) in [5, 5.41) is 10.1. The first-order chi connectivity index (χ1) is 5.11. The Labute approximate surface area is 63.4 Å². The number of nitro benzene ring substituents is 1. The third-order valence-corrected chi connectivity index (χ3v) is 1.30. The highest BCUT2D eigenvalue weighted by atomic mass is 19.1. The minimum absolute atomic E-state index is 0.476. The molecule has 0 fully saturated rings. The van der Waals surface area contributed by atoms with Crippen LogP contribution in [0.5, 0.6) is 0 Å². The highest BCUT2D eigenvalue weighted by molar-refractivity contribution is 6.32. The highest BCUT2D eigenvalue weighted by Gasteiger charge is 2.11. The van der Waals surface area contributed by atoms with Crippen molar-refractivity contribution in [3.63, 3.8) is 0 Å². The molecule has 0 heterocycles. The first-order valence-corrected chi connectivity index (χ1v) is 3.02. The summed E-state index contributed by atoms with van der Waals surface area (Å²) in [6, 6.07) is 3.80. The minimum atomic E-state index is -0.782. The maximum absolute atomic E-state index is 12.7. The average Bonchev–Trinajstić information content (AvgIpc) is 1.85. The van der Waals surface area contributed by atoms with Crippen LogP contribution in [-0.2, 0) is 0 Å². The van der Waals surface area contributed by atoms with Gasteiger partial charge in [0.1, 0.15) is 7.85 Å². The number of nitrogens with zero attached hydrogens (tertiary/aromatic N) is 1. The second-order valence-electron chi connectivity index (χ2n) is 2.21. The van der Waals surface area contributed by atoms with E-state index >= 15 is 0 Å². The molecule has 0 bridgehead atoms. The molecule has 0 atom stereocenters. The molecule has 0 unspecified atom stereocenters. The zero-order valence-electron chi connectivity index (χ0n) is 5.87. The monoisotopic (exact) mass is 153 g/mol. The van der Waals surface area contributed by atoms with Gasteiger partial charge in [0.15, 0.2) is 5.82 Å². The number of rotatable bonds is 1. The predicted molar refractivity (Wildman–Crippen MR) is 41.2 cm³/mol. The molecule has 0 radical (unpaired) electrons. The summed E-state index contributed by atoms with van der Waals surface area (Å²) in [6.07, 6.45) is 0. The summed E-state index contributed by atoms with van der Waals surface area (Å²) in [5.74, 6) is -0.782. The fourth-order valence-electron chi connectivity index (χ4n) is 0.760. The third kappa shape index (κ3) is 1.55. The SMILES string of the molecule is Bc1ccc([N+](=O)[O-])c(F)c1. The van der Waals surface area contributed by atoms with E-state index < -0.39 is 16.4 Å². The molecule has 0 aliphatic rings. The Morgan fingerprint density at radius 2 is 2.18 bits per heavy atom. The lowest BCUT2D eigenvalue weighted by molar-refractivity contribution is -0.387. The van der Waals surface area contributed by atoms with Crippen molar-refractivity contribution in [2.45, 2.75) is 0 Å². The van der Waals surface area contributed by atoms with Crippen molar-refractivity contribution >= 4 is 19.0 Å². The zero-order chi connectivity index (χ0) is 8.43. The smallest absolute Gasteiger partial charge is 0.258 e. The molecule has 0 spiro atoms. The lowest BCUT2D eigenvalue weighted by atomic mass is 9.96. The van der Waals surface area contributed by atoms with Crippen LogP contribution in [-0.4, -0.2) is 12.8 Å². The molecule has 0 saturated heterocycles. The van der Waals surface area contributed by atoms with Crippen LogP contribution in [0.3, 0.4) is 0 Å². The summed E-state index contributed by atoms with van der Waals surface area (Å²) in [4.78, 5) is 9.36. The van der Waals surface area contributed by atoms with E-state index in [1.807, 2.05) is 0 Å². The van der Waals surface area contributed by atoms with Crippen LogP contribution in [0.15, 0.2) is 18.2 Å². The van der Waals surface area contributed by atoms with Gasteiger partial charge in [-0.2, -0.15) is 4.39 Å². The van der Waals surface area contributed by atoms with Gasteiger partial charge in [-0.15, -0.1) is 0 Å². The number of halogens is 1. The average molecular weight is 153 g/mol. The summed E-state index contributed by atoms with van der Waals surface area (Å²) >= 11 is 0. The lowest BCUT2D eigenvalue weighted by Gasteiger charge is -1.93. The predicted octanol–water partition coefficient (Wildman–Crippen LogP) is -0.00770. The largest absolute Gasteiger partial charge is 0.304 e. The van der Waals surface area contributed by atoms with Gasteiger partial charge in [-0.25, -0.2) is 0 Å². The van der Waals surface area contributed by atoms with Crippen LogP contribution in [0.25, 0.3) is 0 Å². The van der Waals surface area contributed by atoms with E-state index in [1.165, 1.54) is 6.07 Å². The van der Waals surface area contributed by atoms with Crippen molar-refractivity contribution in [1.29, 1.82) is 0 Å². The molecule has 1 rings (SSSR count). The van der Waals surface area contributed by atoms with Gasteiger partial charge in [0.05, 0.1) is 4.92 Å². The number of hydrogen-bond donors (Lipinski definition) is 0. The molecule has 0 aromatic heterocycles. The maximum Gasteiger partial charge on any atom is 0.304 e. The molecule has 0 amide bonds. The van der Waals surface area contributed by atoms with E-state index in [1.54, 1.807) is 7.85 Å². The number of hydrogen-bond acceptors (Lipinski definition) is 2. The Morgan fingerprint density at radius 1 is 1.55 bits per heavy atom. The van der Waals surface area contributed by atoms with Crippen molar-refractivity contribution in [3.05, 3.63) is 34.1 Å². The van der Waals surface area contributed by atoms with E-state index in [4.69, 9.17) is 0 Å². The van der Waals surface area contributed by atoms with Crippen LogP contribution in [0.1, 0.15) is 0 Å². The Bertz CT molecular complexity index is 303. The molecule has 1 aromatic carbocycles. The fraction of sp³-hybridized carbons (Fsp3) is 0. The summed E-state index contributed by atoms with van der Waals surface area (Å²) in [7, 11) is 1.67. The first-order valence-electron chi connectivity index (χ1n) is 3.02. The summed E-state index contributed by atoms with van der Waals surface area (Å²) < 4.78 is 12.7. The molecule has 0 N–H and O–H groups in total. The molecule has 5 heteroatoms. The summed E-state index contributed by atoms with van der Waals surface area (Å²) in [6.45, 7) is 0. The van der Waals surface area contributed by atoms with Crippen LogP contribution in [0, 0.1) is 15.9 Å². The van der Waals surface area contributed by atoms with E-state index in [-0.39, 0.29) is 0 Å². The van der Waals surface area contributed by atoms with Crippen LogP contribution < -0.4 is 5.46 Å². The Hall–Kier alpha value is -1.39. The van der Waals surface area contributed by atoms with E-state index in [9.17, 15) is 14.5 Å². The second-order valence-corrected chi connectivity index (χ2v) is 2.21. The molecule has 56 valence electrons. The van der Waals surface area contributed by atoms with Crippen LogP contribution in [0.2, 0.25) is 0 Å². The second kappa shape index (κ2) is 2.69. The molecule has 1 aromatic rings. The quantitative estimate of drug-likeness (QED) is 0.323. The molecule has 0 aliphatic heterocycles. The Kier molecular flexibility index (Phi) is 1.89. The van der Waals surface area contributed by atoms with Crippen molar-refractivity contribution in [2.75, 3.05) is 0 Å². The van der Waals surface area contributed by atoms with Crippen molar-refractivity contribution < 1.29 is 9.31 Å². The number of nitro groups is 1. The first kappa shape index (κ1) is 7.72. The van der Waals surface area contributed by atoms with Gasteiger partial charge in [0, 0.05) is 6.07 Å². The minimum Gasteiger partial charge on any atom is -0.258 e. The van der Waals surface area contributed by atoms with Gasteiger partial charge in [-0.05, 0) is 6.07 Å². The Balaban J connectivity index is 3.20. The maximum atomic E-state index is 12.7. The molecule has 3 nitrogen and oxygen atoms in total. The topological polar surface area (TPSA) is 43.1 Å². The third-order valence-electron chi connectivity index (χ3n) is 1.30. The lowest BCUT2D eigenvalue weighted by Crippen LogP contribution is -2.04. The van der Waals surface area contributed by atoms with E-state index in [2.05, 4.69) is 0 Å². The number of benzene rings is 1. The zero-order valence-corrected chi connectivity index (χ0v) is 5.87. The van der Waals surface area contributed by atoms with Gasteiger partial charge in [0.25, 0.3) is 0 Å². The summed E-state index contributed by atoms with van der Waals surface area (Å²) in [5.41, 5.74) is 0.198. The van der Waals surface area contributed by atoms with Crippen LogP contribution >= 0.6 is 0 Å². The molecule has 0 saturated carbocycles. The van der Waals surface area contributed by atoms with Crippen LogP contribution in [0.4, 0.5) is 10.1 Å². The molecular formula is C6H5BFNO2. The highest BCUT2D eigenvalue weighted by Crippen LogP contribution is 2.13. The molecule has 0 aliphatic carbocycles. The fourth-order valence-corrected chi connectivity index (χ4v) is 0.760.